The molecule has 0 aliphatic rings. The molecule has 0 aliphatic heterocycles. The van der Waals surface area contributed by atoms with Gasteiger partial charge in [0.15, 0.2) is 6.10 Å². The molecule has 0 aromatic carbocycles. The van der Waals surface area contributed by atoms with E-state index in [1.54, 1.807) is 12.3 Å². The maximum absolute atomic E-state index is 12.2. The summed E-state index contributed by atoms with van der Waals surface area (Å²) in [6.45, 7) is 2.52. The first kappa shape index (κ1) is 13.7. The zero-order valence-corrected chi connectivity index (χ0v) is 10.3. The fraction of sp³-hybridized carbons (Fsp3) is 0.667. The molecule has 0 saturated carbocycles. The SMILES string of the molecule is CC(OC(C)C(F)(F)F)c1nc(CCl)cs1. The number of nitrogens with zero attached hydrogens (tertiary/aromatic N) is 1. The van der Waals surface area contributed by atoms with Gasteiger partial charge < -0.3 is 4.74 Å². The maximum Gasteiger partial charge on any atom is 0.414 e. The predicted molar refractivity (Wildman–Crippen MR) is 56.7 cm³/mol. The number of thiazole rings is 1. The van der Waals surface area contributed by atoms with E-state index in [1.165, 1.54) is 11.3 Å². The van der Waals surface area contributed by atoms with Gasteiger partial charge in [-0.05, 0) is 13.8 Å². The van der Waals surface area contributed by atoms with Gasteiger partial charge in [0.05, 0.1) is 11.6 Å². The molecule has 0 amide bonds. The van der Waals surface area contributed by atoms with E-state index in [1.807, 2.05) is 0 Å². The van der Waals surface area contributed by atoms with Gasteiger partial charge in [-0.1, -0.05) is 0 Å². The van der Waals surface area contributed by atoms with E-state index in [4.69, 9.17) is 16.3 Å². The minimum atomic E-state index is -4.35. The molecule has 2 nitrogen and oxygen atoms in total. The Kier molecular flexibility index (Phi) is 4.58. The Morgan fingerprint density at radius 3 is 2.56 bits per heavy atom. The summed E-state index contributed by atoms with van der Waals surface area (Å²) < 4.78 is 41.5. The maximum atomic E-state index is 12.2. The third-order valence-electron chi connectivity index (χ3n) is 1.92. The summed E-state index contributed by atoms with van der Waals surface area (Å²) in [5, 5.41) is 2.22. The fourth-order valence-electron chi connectivity index (χ4n) is 1.01. The van der Waals surface area contributed by atoms with E-state index in [-0.39, 0.29) is 5.88 Å². The molecule has 1 aromatic heterocycles. The zero-order valence-electron chi connectivity index (χ0n) is 8.71. The number of aromatic nitrogens is 1. The van der Waals surface area contributed by atoms with Crippen molar-refractivity contribution in [1.29, 1.82) is 0 Å². The first-order valence-electron chi connectivity index (χ1n) is 4.57. The Labute approximate surface area is 100 Å². The summed E-state index contributed by atoms with van der Waals surface area (Å²) in [5.41, 5.74) is 0.650. The van der Waals surface area contributed by atoms with Gasteiger partial charge in [0.1, 0.15) is 11.1 Å². The van der Waals surface area contributed by atoms with Crippen molar-refractivity contribution in [2.45, 2.75) is 38.1 Å². The van der Waals surface area contributed by atoms with E-state index in [0.29, 0.717) is 10.7 Å². The molecule has 0 radical (unpaired) electrons. The Hall–Kier alpha value is -0.330. The lowest BCUT2D eigenvalue weighted by Crippen LogP contribution is -2.29. The van der Waals surface area contributed by atoms with Crippen LogP contribution in [0.2, 0.25) is 0 Å². The van der Waals surface area contributed by atoms with Gasteiger partial charge in [0.25, 0.3) is 0 Å². The summed E-state index contributed by atoms with van der Waals surface area (Å²) in [7, 11) is 0. The van der Waals surface area contributed by atoms with Gasteiger partial charge >= 0.3 is 6.18 Å². The van der Waals surface area contributed by atoms with Crippen molar-refractivity contribution in [3.8, 4) is 0 Å². The van der Waals surface area contributed by atoms with Gasteiger partial charge in [-0.25, -0.2) is 4.98 Å². The summed E-state index contributed by atoms with van der Waals surface area (Å²) in [4.78, 5) is 4.06. The molecule has 16 heavy (non-hydrogen) atoms. The fourth-order valence-corrected chi connectivity index (χ4v) is 2.05. The first-order valence-corrected chi connectivity index (χ1v) is 5.98. The lowest BCUT2D eigenvalue weighted by molar-refractivity contribution is -0.225. The second kappa shape index (κ2) is 5.33. The molecule has 0 N–H and O–H groups in total. The van der Waals surface area contributed by atoms with Crippen LogP contribution < -0.4 is 0 Å². The second-order valence-corrected chi connectivity index (χ2v) is 4.43. The summed E-state index contributed by atoms with van der Waals surface area (Å²) >= 11 is 6.79. The van der Waals surface area contributed by atoms with Crippen LogP contribution in [0.5, 0.6) is 0 Å². The standard InChI is InChI=1S/C9H11ClF3NOS/c1-5(15-6(2)9(11,12)13)8-14-7(3-10)4-16-8/h4-6H,3H2,1-2H3. The summed E-state index contributed by atoms with van der Waals surface area (Å²) in [6.07, 6.45) is -6.83. The third-order valence-corrected chi connectivity index (χ3v) is 3.25. The van der Waals surface area contributed by atoms with Crippen molar-refractivity contribution in [1.82, 2.24) is 4.98 Å². The van der Waals surface area contributed by atoms with Gasteiger partial charge in [-0.3, -0.25) is 0 Å². The van der Waals surface area contributed by atoms with E-state index in [9.17, 15) is 13.2 Å². The normalized spacial score (nSPS) is 16.1. The van der Waals surface area contributed by atoms with E-state index in [2.05, 4.69) is 4.98 Å². The van der Waals surface area contributed by atoms with Crippen LogP contribution >= 0.6 is 22.9 Å². The lowest BCUT2D eigenvalue weighted by atomic mass is 10.3. The van der Waals surface area contributed by atoms with Crippen molar-refractivity contribution >= 4 is 22.9 Å². The molecule has 1 heterocycles. The number of alkyl halides is 4. The molecule has 2 atom stereocenters. The van der Waals surface area contributed by atoms with Crippen LogP contribution in [0.1, 0.15) is 30.7 Å². The quantitative estimate of drug-likeness (QED) is 0.776. The first-order chi connectivity index (χ1) is 7.34. The Morgan fingerprint density at radius 1 is 1.50 bits per heavy atom. The van der Waals surface area contributed by atoms with Crippen molar-refractivity contribution < 1.29 is 17.9 Å². The van der Waals surface area contributed by atoms with Crippen molar-refractivity contribution in [3.63, 3.8) is 0 Å². The van der Waals surface area contributed by atoms with Gasteiger partial charge in [0, 0.05) is 5.38 Å². The molecule has 92 valence electrons. The molecule has 0 fully saturated rings. The molecule has 0 saturated heterocycles. The minimum Gasteiger partial charge on any atom is -0.359 e. The summed E-state index contributed by atoms with van der Waals surface area (Å²) in [6, 6.07) is 0. The van der Waals surface area contributed by atoms with Crippen LogP contribution in [0.3, 0.4) is 0 Å². The monoisotopic (exact) mass is 273 g/mol. The minimum absolute atomic E-state index is 0.248. The highest BCUT2D eigenvalue weighted by Gasteiger charge is 2.38. The molecule has 0 spiro atoms. The number of halogens is 4. The zero-order chi connectivity index (χ0) is 12.3. The molecular formula is C9H11ClF3NOS. The molecule has 1 rings (SSSR count). The highest BCUT2D eigenvalue weighted by Crippen LogP contribution is 2.29. The molecule has 0 bridgehead atoms. The highest BCUT2D eigenvalue weighted by atomic mass is 35.5. The Balaban J connectivity index is 2.61. The molecule has 1 aromatic rings. The molecule has 0 aliphatic carbocycles. The van der Waals surface area contributed by atoms with E-state index < -0.39 is 18.4 Å². The van der Waals surface area contributed by atoms with E-state index in [0.717, 1.165) is 6.92 Å². The average Bonchev–Trinajstić information content (AvgIpc) is 2.64. The van der Waals surface area contributed by atoms with Gasteiger partial charge in [-0.15, -0.1) is 22.9 Å². The van der Waals surface area contributed by atoms with Crippen LogP contribution in [0, 0.1) is 0 Å². The molecular weight excluding hydrogens is 263 g/mol. The predicted octanol–water partition coefficient (Wildman–Crippen LogP) is 3.91. The van der Waals surface area contributed by atoms with Crippen LogP contribution in [0.25, 0.3) is 0 Å². The number of hydrogen-bond acceptors (Lipinski definition) is 3. The van der Waals surface area contributed by atoms with E-state index >= 15 is 0 Å². The molecule has 7 heteroatoms. The van der Waals surface area contributed by atoms with Gasteiger partial charge in [0.2, 0.25) is 0 Å². The largest absolute Gasteiger partial charge is 0.414 e. The summed E-state index contributed by atoms with van der Waals surface area (Å²) in [5.74, 6) is 0.248. The number of hydrogen-bond donors (Lipinski definition) is 0. The smallest absolute Gasteiger partial charge is 0.359 e. The second-order valence-electron chi connectivity index (χ2n) is 3.27. The molecule has 2 unspecified atom stereocenters. The topological polar surface area (TPSA) is 22.1 Å². The third kappa shape index (κ3) is 3.61. The lowest BCUT2D eigenvalue weighted by Gasteiger charge is -2.19. The number of rotatable bonds is 4. The van der Waals surface area contributed by atoms with Crippen LogP contribution in [0.4, 0.5) is 13.2 Å². The Morgan fingerprint density at radius 2 is 2.12 bits per heavy atom. The van der Waals surface area contributed by atoms with Crippen LogP contribution in [-0.4, -0.2) is 17.3 Å². The number of ether oxygens (including phenoxy) is 1. The Bertz CT molecular complexity index is 342. The van der Waals surface area contributed by atoms with Crippen molar-refractivity contribution in [2.24, 2.45) is 0 Å². The van der Waals surface area contributed by atoms with Crippen molar-refractivity contribution in [3.05, 3.63) is 16.1 Å². The van der Waals surface area contributed by atoms with Crippen molar-refractivity contribution in [2.75, 3.05) is 0 Å². The van der Waals surface area contributed by atoms with Gasteiger partial charge in [-0.2, -0.15) is 13.2 Å². The highest BCUT2D eigenvalue weighted by molar-refractivity contribution is 7.09. The average molecular weight is 274 g/mol. The van der Waals surface area contributed by atoms with Crippen LogP contribution in [-0.2, 0) is 10.6 Å². The van der Waals surface area contributed by atoms with Crippen LogP contribution in [0.15, 0.2) is 5.38 Å².